The molecule has 0 saturated carbocycles. The average Bonchev–Trinajstić information content (AvgIpc) is 1.38. The van der Waals surface area contributed by atoms with Crippen LogP contribution in [0.1, 0.15) is 0 Å². The van der Waals surface area contributed by atoms with E-state index in [1.165, 1.54) is 7.11 Å². The van der Waals surface area contributed by atoms with Crippen molar-refractivity contribution >= 4 is 12.6 Å². The zero-order valence-corrected chi connectivity index (χ0v) is 3.92. The van der Waals surface area contributed by atoms with Crippen molar-refractivity contribution in [1.29, 1.82) is 0 Å². The van der Waals surface area contributed by atoms with Crippen LogP contribution in [-0.4, -0.2) is 12.5 Å². The van der Waals surface area contributed by atoms with Crippen molar-refractivity contribution in [2.45, 2.75) is 5.44 Å². The largest absolute Gasteiger partial charge is 0.370 e. The van der Waals surface area contributed by atoms with Gasteiger partial charge in [0.05, 0.1) is 0 Å². The molecule has 0 saturated heterocycles. The molecule has 2 heteroatoms. The van der Waals surface area contributed by atoms with E-state index in [2.05, 4.69) is 24.3 Å². The Bertz CT molecular complexity index is 20.9. The summed E-state index contributed by atoms with van der Waals surface area (Å²) in [7, 11) is 1.53. The van der Waals surface area contributed by atoms with Crippen molar-refractivity contribution in [2.24, 2.45) is 0 Å². The van der Waals surface area contributed by atoms with Gasteiger partial charge in [-0.2, -0.15) is 0 Å². The maximum absolute atomic E-state index is 4.45. The molecule has 2 radical (unpaired) electrons. The van der Waals surface area contributed by atoms with Crippen LogP contribution in [0.15, 0.2) is 0 Å². The quantitative estimate of drug-likeness (QED) is 0.466. The van der Waals surface area contributed by atoms with E-state index in [0.717, 1.165) is 0 Å². The van der Waals surface area contributed by atoms with Gasteiger partial charge < -0.3 is 4.74 Å². The van der Waals surface area contributed by atoms with Crippen LogP contribution in [0, 0.1) is 6.92 Å². The van der Waals surface area contributed by atoms with E-state index < -0.39 is 0 Å². The van der Waals surface area contributed by atoms with Crippen LogP contribution in [0.5, 0.6) is 0 Å². The Kier molecular flexibility index (Phi) is 2.70. The second-order valence-electron chi connectivity index (χ2n) is 0.665. The summed E-state index contributed by atoms with van der Waals surface area (Å²) in [6.45, 7) is 3.35. The predicted octanol–water partition coefficient (Wildman–Crippen LogP) is 0.990. The number of ether oxygens (including phenoxy) is 1. The molecule has 0 fully saturated rings. The van der Waals surface area contributed by atoms with Gasteiger partial charge in [0, 0.05) is 7.11 Å². The fraction of sp³-hybridized carbons (Fsp3) is 0.667. The Balaban J connectivity index is 2.54. The van der Waals surface area contributed by atoms with Gasteiger partial charge in [0.2, 0.25) is 0 Å². The Morgan fingerprint density at radius 2 is 2.20 bits per heavy atom. The van der Waals surface area contributed by atoms with Crippen molar-refractivity contribution in [1.82, 2.24) is 0 Å². The Labute approximate surface area is 37.7 Å². The highest BCUT2D eigenvalue weighted by atomic mass is 32.1. The van der Waals surface area contributed by atoms with Crippen LogP contribution in [0.4, 0.5) is 0 Å². The average molecular weight is 90.1 g/mol. The summed E-state index contributed by atoms with van der Waals surface area (Å²) >= 11 is 4.45. The molecule has 5 heavy (non-hydrogen) atoms. The first-order valence-corrected chi connectivity index (χ1v) is 1.76. The fourth-order valence-corrected chi connectivity index (χ4v) is 0. The second-order valence-corrected chi connectivity index (χ2v) is 1.19. The summed E-state index contributed by atoms with van der Waals surface area (Å²) in [6, 6.07) is 0. The van der Waals surface area contributed by atoms with E-state index in [4.69, 9.17) is 0 Å². The Hall–Kier alpha value is 0.310. The molecule has 0 bridgehead atoms. The van der Waals surface area contributed by atoms with E-state index in [0.29, 0.717) is 0 Å². The zero-order valence-electron chi connectivity index (χ0n) is 3.10. The molecular formula is C3H6OS. The maximum Gasteiger partial charge on any atom is 0.113 e. The van der Waals surface area contributed by atoms with E-state index in [1.807, 2.05) is 0 Å². The summed E-state index contributed by atoms with van der Waals surface area (Å²) in [5.74, 6) is 0. The number of rotatable bonds is 1. The highest BCUT2D eigenvalue weighted by Gasteiger charge is 1.81. The molecule has 0 spiro atoms. The van der Waals surface area contributed by atoms with Crippen LogP contribution >= 0.6 is 12.6 Å². The molecule has 1 unspecified atom stereocenters. The molecule has 0 rings (SSSR count). The van der Waals surface area contributed by atoms with Crippen LogP contribution in [-0.2, 0) is 4.74 Å². The smallest absolute Gasteiger partial charge is 0.113 e. The first-order valence-electron chi connectivity index (χ1n) is 1.29. The Morgan fingerprint density at radius 1 is 2.00 bits per heavy atom. The molecule has 1 nitrogen and oxygen atoms in total. The molecule has 0 aliphatic carbocycles. The van der Waals surface area contributed by atoms with Gasteiger partial charge >= 0.3 is 0 Å². The molecule has 0 heterocycles. The molecule has 0 aromatic heterocycles. The van der Waals surface area contributed by atoms with E-state index in [-0.39, 0.29) is 5.44 Å². The lowest BCUT2D eigenvalue weighted by Gasteiger charge is -1.92. The third-order valence-corrected chi connectivity index (χ3v) is 0.455. The third-order valence-electron chi connectivity index (χ3n) is 0.263. The summed E-state index contributed by atoms with van der Waals surface area (Å²) < 4.78 is 4.45. The van der Waals surface area contributed by atoms with Gasteiger partial charge in [0.1, 0.15) is 5.44 Å². The van der Waals surface area contributed by atoms with E-state index in [1.54, 1.807) is 0 Å². The minimum atomic E-state index is -0.282. The normalized spacial score (nSPS) is 15.0. The minimum absolute atomic E-state index is 0.282. The van der Waals surface area contributed by atoms with Crippen LogP contribution in [0.3, 0.4) is 0 Å². The molecule has 1 atom stereocenters. The van der Waals surface area contributed by atoms with Crippen molar-refractivity contribution in [3.05, 3.63) is 6.92 Å². The molecular weight excluding hydrogens is 84.1 g/mol. The lowest BCUT2D eigenvalue weighted by atomic mass is 10.9. The van der Waals surface area contributed by atoms with Crippen LogP contribution in [0.25, 0.3) is 0 Å². The predicted molar refractivity (Wildman–Crippen MR) is 23.7 cm³/mol. The first kappa shape index (κ1) is 5.31. The van der Waals surface area contributed by atoms with Gasteiger partial charge in [-0.05, 0) is 6.92 Å². The number of methoxy groups -OCH3 is 1. The second kappa shape index (κ2) is 2.54. The summed E-state index contributed by atoms with van der Waals surface area (Å²) in [4.78, 5) is 0. The molecule has 0 aliphatic rings. The number of hydrogen-bond donors (Lipinski definition) is 0. The van der Waals surface area contributed by atoms with Crippen molar-refractivity contribution in [3.63, 3.8) is 0 Å². The highest BCUT2D eigenvalue weighted by Crippen LogP contribution is 1.87. The van der Waals surface area contributed by atoms with Gasteiger partial charge in [0.15, 0.2) is 0 Å². The summed E-state index contributed by atoms with van der Waals surface area (Å²) in [5, 5.41) is 0. The molecule has 0 N–H and O–H groups in total. The van der Waals surface area contributed by atoms with Gasteiger partial charge in [-0.1, -0.05) is 12.6 Å². The third kappa shape index (κ3) is 4.31. The Morgan fingerprint density at radius 3 is 2.20 bits per heavy atom. The minimum Gasteiger partial charge on any atom is -0.370 e. The number of hydrogen-bond acceptors (Lipinski definition) is 1. The van der Waals surface area contributed by atoms with Gasteiger partial charge in [-0.3, -0.25) is 0 Å². The van der Waals surface area contributed by atoms with Crippen LogP contribution in [0.2, 0.25) is 0 Å². The van der Waals surface area contributed by atoms with Crippen molar-refractivity contribution < 1.29 is 4.74 Å². The van der Waals surface area contributed by atoms with Gasteiger partial charge in [-0.25, -0.2) is 0 Å². The molecule has 0 amide bonds. The molecule has 30 valence electrons. The SMILES string of the molecule is [CH2]C([S])OC. The van der Waals surface area contributed by atoms with Crippen molar-refractivity contribution in [3.8, 4) is 0 Å². The summed E-state index contributed by atoms with van der Waals surface area (Å²) in [5.41, 5.74) is -0.282. The molecule has 0 aromatic rings. The topological polar surface area (TPSA) is 9.23 Å². The van der Waals surface area contributed by atoms with Crippen molar-refractivity contribution in [2.75, 3.05) is 7.11 Å². The van der Waals surface area contributed by atoms with E-state index in [9.17, 15) is 0 Å². The van der Waals surface area contributed by atoms with Crippen LogP contribution < -0.4 is 0 Å². The molecule has 0 aromatic carbocycles. The standard InChI is InChI=1S/C3H6OS/c1-3(5)4-2/h3H,1H2,2H3. The first-order chi connectivity index (χ1) is 2.27. The fourth-order valence-electron chi connectivity index (χ4n) is 0. The lowest BCUT2D eigenvalue weighted by molar-refractivity contribution is 0.207. The zero-order chi connectivity index (χ0) is 4.28. The maximum atomic E-state index is 4.45. The van der Waals surface area contributed by atoms with Gasteiger partial charge in [-0.15, -0.1) is 0 Å². The van der Waals surface area contributed by atoms with Gasteiger partial charge in [0.25, 0.3) is 0 Å². The highest BCUT2D eigenvalue weighted by molar-refractivity contribution is 7.80. The lowest BCUT2D eigenvalue weighted by Crippen LogP contribution is -1.90. The monoisotopic (exact) mass is 90.0 g/mol. The summed E-state index contributed by atoms with van der Waals surface area (Å²) in [6.07, 6.45) is 0. The van der Waals surface area contributed by atoms with E-state index >= 15 is 0 Å². The molecule has 0 aliphatic heterocycles.